The van der Waals surface area contributed by atoms with Gasteiger partial charge < -0.3 is 15.0 Å². The van der Waals surface area contributed by atoms with Gasteiger partial charge in [0.15, 0.2) is 5.96 Å². The van der Waals surface area contributed by atoms with E-state index in [9.17, 15) is 0 Å². The van der Waals surface area contributed by atoms with Crippen LogP contribution in [0.2, 0.25) is 0 Å². The number of hydrogen-bond donors (Lipinski definition) is 1. The van der Waals surface area contributed by atoms with Gasteiger partial charge in [-0.1, -0.05) is 20.8 Å². The van der Waals surface area contributed by atoms with E-state index in [4.69, 9.17) is 4.74 Å². The molecule has 3 aliphatic rings. The Morgan fingerprint density at radius 1 is 1.12 bits per heavy atom. The first-order chi connectivity index (χ1) is 12.0. The molecule has 3 aliphatic heterocycles. The van der Waals surface area contributed by atoms with Crippen LogP contribution in [-0.4, -0.2) is 74.3 Å². The zero-order chi connectivity index (χ0) is 17.9. The van der Waals surface area contributed by atoms with E-state index in [-0.39, 0.29) is 29.4 Å². The Morgan fingerprint density at radius 3 is 2.50 bits per heavy atom. The van der Waals surface area contributed by atoms with Crippen molar-refractivity contribution in [2.75, 3.05) is 46.4 Å². The van der Waals surface area contributed by atoms with Gasteiger partial charge in [0, 0.05) is 45.2 Å². The normalized spacial score (nSPS) is 31.2. The molecule has 0 aromatic heterocycles. The molecule has 0 saturated carbocycles. The van der Waals surface area contributed by atoms with Crippen molar-refractivity contribution in [2.24, 2.45) is 16.3 Å². The molecule has 26 heavy (non-hydrogen) atoms. The Bertz CT molecular complexity index is 459. The highest BCUT2D eigenvalue weighted by Crippen LogP contribution is 2.33. The summed E-state index contributed by atoms with van der Waals surface area (Å²) in [6, 6.07) is 0.724. The first-order valence-electron chi connectivity index (χ1n) is 10.3. The van der Waals surface area contributed by atoms with Crippen molar-refractivity contribution in [3.05, 3.63) is 0 Å². The lowest BCUT2D eigenvalue weighted by Gasteiger charge is -2.40. The summed E-state index contributed by atoms with van der Waals surface area (Å²) in [5.74, 6) is 1.66. The van der Waals surface area contributed by atoms with E-state index in [1.807, 2.05) is 7.05 Å². The summed E-state index contributed by atoms with van der Waals surface area (Å²) in [5, 5.41) is 3.67. The van der Waals surface area contributed by atoms with Crippen molar-refractivity contribution in [3.63, 3.8) is 0 Å². The van der Waals surface area contributed by atoms with E-state index in [1.54, 1.807) is 0 Å². The quantitative estimate of drug-likeness (QED) is 0.384. The largest absolute Gasteiger partial charge is 0.377 e. The van der Waals surface area contributed by atoms with Gasteiger partial charge >= 0.3 is 0 Å². The molecule has 3 heterocycles. The zero-order valence-electron chi connectivity index (χ0n) is 17.2. The van der Waals surface area contributed by atoms with Gasteiger partial charge in [-0.3, -0.25) is 9.89 Å². The zero-order valence-corrected chi connectivity index (χ0v) is 19.5. The summed E-state index contributed by atoms with van der Waals surface area (Å²) >= 11 is 0. The Kier molecular flexibility index (Phi) is 8.47. The van der Waals surface area contributed by atoms with E-state index in [1.165, 1.54) is 45.2 Å². The predicted molar refractivity (Wildman–Crippen MR) is 119 cm³/mol. The molecule has 0 amide bonds. The Morgan fingerprint density at radius 2 is 1.85 bits per heavy atom. The summed E-state index contributed by atoms with van der Waals surface area (Å²) < 4.78 is 6.13. The summed E-state index contributed by atoms with van der Waals surface area (Å²) in [5.41, 5.74) is 0.199. The minimum Gasteiger partial charge on any atom is -0.377 e. The van der Waals surface area contributed by atoms with Gasteiger partial charge in [0.1, 0.15) is 0 Å². The van der Waals surface area contributed by atoms with Crippen LogP contribution in [0.25, 0.3) is 0 Å². The second-order valence-electron chi connectivity index (χ2n) is 9.12. The molecule has 0 aromatic carbocycles. The van der Waals surface area contributed by atoms with Gasteiger partial charge in [0.2, 0.25) is 0 Å². The average molecular weight is 478 g/mol. The van der Waals surface area contributed by atoms with Gasteiger partial charge in [-0.2, -0.15) is 0 Å². The van der Waals surface area contributed by atoms with Gasteiger partial charge in [-0.05, 0) is 50.6 Å². The number of likely N-dealkylation sites (tertiary alicyclic amines) is 2. The molecule has 1 N–H and O–H groups in total. The number of ether oxygens (including phenoxy) is 1. The van der Waals surface area contributed by atoms with Crippen molar-refractivity contribution in [3.8, 4) is 0 Å². The first-order valence-corrected chi connectivity index (χ1v) is 10.3. The predicted octanol–water partition coefficient (Wildman–Crippen LogP) is 3.19. The van der Waals surface area contributed by atoms with E-state index in [2.05, 4.69) is 40.9 Å². The molecular weight excluding hydrogens is 439 g/mol. The van der Waals surface area contributed by atoms with Crippen molar-refractivity contribution in [1.82, 2.24) is 15.1 Å². The molecule has 0 bridgehead atoms. The van der Waals surface area contributed by atoms with E-state index >= 15 is 0 Å². The number of rotatable bonds is 3. The van der Waals surface area contributed by atoms with Crippen LogP contribution in [-0.2, 0) is 4.74 Å². The molecule has 152 valence electrons. The minimum atomic E-state index is 0. The third kappa shape index (κ3) is 5.47. The average Bonchev–Trinajstić information content (AvgIpc) is 3.26. The van der Waals surface area contributed by atoms with E-state index in [0.29, 0.717) is 12.0 Å². The van der Waals surface area contributed by atoms with Crippen molar-refractivity contribution < 1.29 is 4.74 Å². The lowest BCUT2D eigenvalue weighted by atomic mass is 9.78. The molecule has 0 aromatic rings. The number of nitrogens with zero attached hydrogens (tertiary/aromatic N) is 3. The van der Waals surface area contributed by atoms with Crippen LogP contribution in [0.15, 0.2) is 4.99 Å². The lowest BCUT2D eigenvalue weighted by molar-refractivity contribution is -0.0836. The van der Waals surface area contributed by atoms with Gasteiger partial charge in [0.25, 0.3) is 0 Å². The van der Waals surface area contributed by atoms with Crippen LogP contribution >= 0.6 is 24.0 Å². The highest BCUT2D eigenvalue weighted by atomic mass is 127. The third-order valence-electron chi connectivity index (χ3n) is 6.15. The Labute approximate surface area is 177 Å². The molecule has 0 spiro atoms. The highest BCUT2D eigenvalue weighted by molar-refractivity contribution is 14.0. The molecule has 3 rings (SSSR count). The standard InChI is InChI=1S/C20H38N4O.HI/c1-20(2,3)18-16(8-7-13-25-18)14-22-19(21-4)24-12-9-17(15-24)23-10-5-6-11-23;/h16-18H,5-15H2,1-4H3,(H,21,22);1H. The summed E-state index contributed by atoms with van der Waals surface area (Å²) in [7, 11) is 1.92. The highest BCUT2D eigenvalue weighted by Gasteiger charge is 2.36. The van der Waals surface area contributed by atoms with E-state index in [0.717, 1.165) is 38.2 Å². The Balaban J connectivity index is 0.00000243. The molecule has 0 radical (unpaired) electrons. The lowest BCUT2D eigenvalue weighted by Crippen LogP contribution is -2.48. The second-order valence-corrected chi connectivity index (χ2v) is 9.12. The van der Waals surface area contributed by atoms with Crippen molar-refractivity contribution >= 4 is 29.9 Å². The summed E-state index contributed by atoms with van der Waals surface area (Å²) in [4.78, 5) is 9.71. The topological polar surface area (TPSA) is 40.1 Å². The number of halogens is 1. The number of hydrogen-bond acceptors (Lipinski definition) is 3. The second kappa shape index (κ2) is 9.92. The maximum absolute atomic E-state index is 6.13. The van der Waals surface area contributed by atoms with Crippen molar-refractivity contribution in [1.29, 1.82) is 0 Å². The fourth-order valence-electron chi connectivity index (χ4n) is 4.90. The summed E-state index contributed by atoms with van der Waals surface area (Å²) in [6.07, 6.45) is 6.79. The summed E-state index contributed by atoms with van der Waals surface area (Å²) in [6.45, 7) is 13.6. The number of aliphatic imine (C=N–C) groups is 1. The fourth-order valence-corrected chi connectivity index (χ4v) is 4.90. The molecule has 3 atom stereocenters. The molecular formula is C20H39IN4O. The first kappa shape index (κ1) is 22.2. The van der Waals surface area contributed by atoms with Gasteiger partial charge in [-0.25, -0.2) is 0 Å². The minimum absolute atomic E-state index is 0. The van der Waals surface area contributed by atoms with Crippen LogP contribution in [0, 0.1) is 11.3 Å². The van der Waals surface area contributed by atoms with Crippen LogP contribution < -0.4 is 5.32 Å². The van der Waals surface area contributed by atoms with Gasteiger partial charge in [-0.15, -0.1) is 24.0 Å². The fraction of sp³-hybridized carbons (Fsp3) is 0.950. The molecule has 0 aliphatic carbocycles. The van der Waals surface area contributed by atoms with Crippen LogP contribution in [0.4, 0.5) is 0 Å². The molecule has 3 fully saturated rings. The van der Waals surface area contributed by atoms with Crippen molar-refractivity contribution in [2.45, 2.75) is 65.0 Å². The maximum atomic E-state index is 6.13. The van der Waals surface area contributed by atoms with Gasteiger partial charge in [0.05, 0.1) is 6.10 Å². The number of nitrogens with one attached hydrogen (secondary N) is 1. The van der Waals surface area contributed by atoms with E-state index < -0.39 is 0 Å². The monoisotopic (exact) mass is 478 g/mol. The molecule has 5 nitrogen and oxygen atoms in total. The third-order valence-corrected chi connectivity index (χ3v) is 6.15. The molecule has 3 unspecified atom stereocenters. The maximum Gasteiger partial charge on any atom is 0.193 e. The van der Waals surface area contributed by atoms with Crippen LogP contribution in [0.3, 0.4) is 0 Å². The SMILES string of the molecule is CN=C(NCC1CCCOC1C(C)(C)C)N1CCC(N2CCCC2)C1.I. The smallest absolute Gasteiger partial charge is 0.193 e. The number of guanidine groups is 1. The van der Waals surface area contributed by atoms with Crippen LogP contribution in [0.1, 0.15) is 52.9 Å². The molecule has 6 heteroatoms. The Hall–Kier alpha value is -0.0800. The van der Waals surface area contributed by atoms with Crippen LogP contribution in [0.5, 0.6) is 0 Å². The molecule has 3 saturated heterocycles.